The fourth-order valence-electron chi connectivity index (χ4n) is 3.40. The number of benzene rings is 2. The molecule has 0 spiro atoms. The fourth-order valence-corrected chi connectivity index (χ4v) is 3.40. The van der Waals surface area contributed by atoms with E-state index in [0.717, 1.165) is 11.1 Å². The molecule has 148 valence electrons. The number of aryl methyl sites for hydroxylation is 1. The molecule has 29 heavy (non-hydrogen) atoms. The maximum atomic E-state index is 12.5. The topological polar surface area (TPSA) is 78.3 Å². The van der Waals surface area contributed by atoms with Crippen LogP contribution in [-0.2, 0) is 16.1 Å². The normalized spacial score (nSPS) is 15.5. The van der Waals surface area contributed by atoms with Crippen molar-refractivity contribution in [3.63, 3.8) is 0 Å². The molecule has 0 amide bonds. The molecule has 1 unspecified atom stereocenters. The lowest BCUT2D eigenvalue weighted by atomic mass is 9.95. The Kier molecular flexibility index (Phi) is 5.03. The summed E-state index contributed by atoms with van der Waals surface area (Å²) in [7, 11) is 1.37. The Hall–Kier alpha value is -3.61. The van der Waals surface area contributed by atoms with E-state index in [4.69, 9.17) is 9.47 Å². The molecule has 1 aliphatic heterocycles. The number of fused-ring (bicyclic) bond motifs is 1. The number of rotatable bonds is 5. The molecular formula is C22H22N4O3. The van der Waals surface area contributed by atoms with E-state index in [9.17, 15) is 4.79 Å². The molecule has 0 saturated carbocycles. The van der Waals surface area contributed by atoms with E-state index in [0.29, 0.717) is 29.6 Å². The van der Waals surface area contributed by atoms with Crippen LogP contribution in [0.5, 0.6) is 5.75 Å². The second kappa shape index (κ2) is 7.79. The zero-order valence-electron chi connectivity index (χ0n) is 16.5. The minimum Gasteiger partial charge on any atom is -0.489 e. The summed E-state index contributed by atoms with van der Waals surface area (Å²) >= 11 is 0. The number of hydrogen-bond donors (Lipinski definition) is 1. The first-order chi connectivity index (χ1) is 14.1. The molecule has 1 aromatic heterocycles. The van der Waals surface area contributed by atoms with E-state index in [2.05, 4.69) is 46.6 Å². The van der Waals surface area contributed by atoms with E-state index in [-0.39, 0.29) is 0 Å². The van der Waals surface area contributed by atoms with Crippen molar-refractivity contribution >= 4 is 11.9 Å². The van der Waals surface area contributed by atoms with Crippen LogP contribution in [0.2, 0.25) is 0 Å². The largest absolute Gasteiger partial charge is 0.489 e. The number of anilines is 1. The Morgan fingerprint density at radius 2 is 1.97 bits per heavy atom. The number of methoxy groups -OCH3 is 1. The number of carbonyl (C=O) groups is 1. The summed E-state index contributed by atoms with van der Waals surface area (Å²) < 4.78 is 12.7. The summed E-state index contributed by atoms with van der Waals surface area (Å²) in [5.74, 6) is 0.878. The molecule has 7 nitrogen and oxygen atoms in total. The van der Waals surface area contributed by atoms with Gasteiger partial charge in [-0.1, -0.05) is 42.0 Å². The zero-order valence-corrected chi connectivity index (χ0v) is 16.5. The first-order valence-corrected chi connectivity index (χ1v) is 9.30. The molecule has 1 N–H and O–H groups in total. The Balaban J connectivity index is 1.65. The Bertz CT molecular complexity index is 1070. The minimum atomic E-state index is -0.455. The first kappa shape index (κ1) is 18.7. The van der Waals surface area contributed by atoms with Crippen molar-refractivity contribution in [3.8, 4) is 5.75 Å². The van der Waals surface area contributed by atoms with Crippen molar-refractivity contribution in [2.45, 2.75) is 26.5 Å². The molecule has 1 aliphatic rings. The lowest BCUT2D eigenvalue weighted by Crippen LogP contribution is -2.29. The number of ether oxygens (including phenoxy) is 2. The molecule has 0 aliphatic carbocycles. The maximum Gasteiger partial charge on any atom is 0.338 e. The van der Waals surface area contributed by atoms with Crippen LogP contribution in [0.25, 0.3) is 0 Å². The van der Waals surface area contributed by atoms with E-state index in [1.807, 2.05) is 31.2 Å². The van der Waals surface area contributed by atoms with Crippen molar-refractivity contribution in [1.82, 2.24) is 14.8 Å². The smallest absolute Gasteiger partial charge is 0.338 e. The quantitative estimate of drug-likeness (QED) is 0.671. The third-order valence-electron chi connectivity index (χ3n) is 4.90. The van der Waals surface area contributed by atoms with Gasteiger partial charge in [-0.25, -0.2) is 9.48 Å². The van der Waals surface area contributed by atoms with Crippen LogP contribution >= 0.6 is 0 Å². The fraction of sp³-hybridized carbons (Fsp3) is 0.227. The van der Waals surface area contributed by atoms with Crippen molar-refractivity contribution < 1.29 is 14.3 Å². The van der Waals surface area contributed by atoms with Crippen LogP contribution in [0.1, 0.15) is 29.7 Å². The number of aromatic nitrogens is 3. The molecule has 0 fully saturated rings. The average molecular weight is 390 g/mol. The molecule has 2 heterocycles. The monoisotopic (exact) mass is 390 g/mol. The van der Waals surface area contributed by atoms with Crippen LogP contribution in [0, 0.1) is 6.92 Å². The number of carbonyl (C=O) groups excluding carboxylic acids is 1. The molecule has 3 aromatic rings. The number of allylic oxidation sites excluding steroid dienone is 1. The number of nitrogens with zero attached hydrogens (tertiary/aromatic N) is 3. The van der Waals surface area contributed by atoms with Crippen molar-refractivity contribution in [2.75, 3.05) is 12.4 Å². The average Bonchev–Trinajstić information content (AvgIpc) is 3.20. The van der Waals surface area contributed by atoms with Crippen molar-refractivity contribution in [3.05, 3.63) is 82.8 Å². The van der Waals surface area contributed by atoms with Gasteiger partial charge in [-0.05, 0) is 37.1 Å². The third kappa shape index (κ3) is 3.71. The highest BCUT2D eigenvalue weighted by Gasteiger charge is 2.34. The number of hydrogen-bond acceptors (Lipinski definition) is 6. The van der Waals surface area contributed by atoms with E-state index >= 15 is 0 Å². The molecule has 0 radical (unpaired) electrons. The molecule has 0 saturated heterocycles. The number of nitrogens with one attached hydrogen (secondary N) is 1. The molecule has 7 heteroatoms. The predicted octanol–water partition coefficient (Wildman–Crippen LogP) is 3.63. The van der Waals surface area contributed by atoms with Gasteiger partial charge < -0.3 is 14.8 Å². The molecule has 0 bridgehead atoms. The number of esters is 1. The van der Waals surface area contributed by atoms with Crippen LogP contribution < -0.4 is 10.1 Å². The summed E-state index contributed by atoms with van der Waals surface area (Å²) in [6.45, 7) is 4.35. The zero-order chi connectivity index (χ0) is 20.4. The van der Waals surface area contributed by atoms with E-state index in [1.165, 1.54) is 19.0 Å². The lowest BCUT2D eigenvalue weighted by Gasteiger charge is -2.28. The van der Waals surface area contributed by atoms with Gasteiger partial charge in [0.25, 0.3) is 0 Å². The highest BCUT2D eigenvalue weighted by atomic mass is 16.5. The summed E-state index contributed by atoms with van der Waals surface area (Å²) in [6.07, 6.45) is 1.46. The SMILES string of the molecule is COC(=O)C1=C(C)Nc2ncnn2C1c1cccc(OCc2ccc(C)cc2)c1. The lowest BCUT2D eigenvalue weighted by molar-refractivity contribution is -0.136. The third-order valence-corrected chi connectivity index (χ3v) is 4.90. The summed E-state index contributed by atoms with van der Waals surface area (Å²) in [4.78, 5) is 16.7. The highest BCUT2D eigenvalue weighted by molar-refractivity contribution is 5.92. The second-order valence-electron chi connectivity index (χ2n) is 6.93. The maximum absolute atomic E-state index is 12.5. The molecule has 2 aromatic carbocycles. The van der Waals surface area contributed by atoms with Crippen LogP contribution in [-0.4, -0.2) is 27.8 Å². The van der Waals surface area contributed by atoms with Gasteiger partial charge in [0.1, 0.15) is 24.7 Å². The van der Waals surface area contributed by atoms with Gasteiger partial charge in [0.15, 0.2) is 0 Å². The van der Waals surface area contributed by atoms with Gasteiger partial charge in [0.2, 0.25) is 5.95 Å². The molecule has 1 atom stereocenters. The van der Waals surface area contributed by atoms with Gasteiger partial charge in [0.05, 0.1) is 12.7 Å². The van der Waals surface area contributed by atoms with E-state index in [1.54, 1.807) is 4.68 Å². The standard InChI is InChI=1S/C22H22N4O3/c1-14-7-9-16(10-8-14)12-29-18-6-4-5-17(11-18)20-19(21(27)28-3)15(2)25-22-23-13-24-26(20)22/h4-11,13,20H,12H2,1-3H3,(H,23,24,25). The van der Waals surface area contributed by atoms with Crippen molar-refractivity contribution in [1.29, 1.82) is 0 Å². The van der Waals surface area contributed by atoms with Crippen LogP contribution in [0.3, 0.4) is 0 Å². The Morgan fingerprint density at radius 1 is 1.17 bits per heavy atom. The predicted molar refractivity (Wildman–Crippen MR) is 108 cm³/mol. The van der Waals surface area contributed by atoms with Gasteiger partial charge in [-0.15, -0.1) is 0 Å². The van der Waals surface area contributed by atoms with Crippen LogP contribution in [0.15, 0.2) is 66.1 Å². The van der Waals surface area contributed by atoms with Crippen LogP contribution in [0.4, 0.5) is 5.95 Å². The summed E-state index contributed by atoms with van der Waals surface area (Å²) in [6, 6.07) is 15.4. The summed E-state index contributed by atoms with van der Waals surface area (Å²) in [5.41, 5.74) is 4.34. The van der Waals surface area contributed by atoms with E-state index < -0.39 is 12.0 Å². The van der Waals surface area contributed by atoms with Gasteiger partial charge in [0, 0.05) is 5.70 Å². The van der Waals surface area contributed by atoms with Crippen molar-refractivity contribution in [2.24, 2.45) is 0 Å². The van der Waals surface area contributed by atoms with Gasteiger partial charge in [-0.3, -0.25) is 0 Å². The molecular weight excluding hydrogens is 368 g/mol. The Labute approximate surface area is 169 Å². The highest BCUT2D eigenvalue weighted by Crippen LogP contribution is 2.36. The summed E-state index contributed by atoms with van der Waals surface area (Å²) in [5, 5.41) is 7.42. The van der Waals surface area contributed by atoms with Gasteiger partial charge in [-0.2, -0.15) is 10.1 Å². The Morgan fingerprint density at radius 3 is 2.72 bits per heavy atom. The van der Waals surface area contributed by atoms with Gasteiger partial charge >= 0.3 is 5.97 Å². The minimum absolute atomic E-state index is 0.410. The second-order valence-corrected chi connectivity index (χ2v) is 6.93. The first-order valence-electron chi connectivity index (χ1n) is 9.30. The molecule has 4 rings (SSSR count).